The fourth-order valence-corrected chi connectivity index (χ4v) is 3.12. The Bertz CT molecular complexity index is 557. The van der Waals surface area contributed by atoms with Gasteiger partial charge in [0.1, 0.15) is 0 Å². The maximum atomic E-state index is 4.44. The molecule has 1 heterocycles. The molecule has 1 aliphatic rings. The smallest absolute Gasteiger partial charge is 0.0645 e. The van der Waals surface area contributed by atoms with Gasteiger partial charge in [-0.15, -0.1) is 0 Å². The highest BCUT2D eigenvalue weighted by Gasteiger charge is 2.33. The van der Waals surface area contributed by atoms with Gasteiger partial charge in [0.25, 0.3) is 0 Å². The number of nitrogens with zero attached hydrogens (tertiary/aromatic N) is 2. The molecule has 3 nitrogen and oxygen atoms in total. The highest BCUT2D eigenvalue weighted by Crippen LogP contribution is 2.37. The molecule has 0 spiro atoms. The zero-order valence-corrected chi connectivity index (χ0v) is 12.3. The Kier molecular flexibility index (Phi) is 3.62. The van der Waals surface area contributed by atoms with E-state index >= 15 is 0 Å². The zero-order chi connectivity index (χ0) is 14.0. The first-order valence-electron chi connectivity index (χ1n) is 7.47. The molecule has 3 rings (SSSR count). The summed E-state index contributed by atoms with van der Waals surface area (Å²) in [5, 5.41) is 8.14. The lowest BCUT2D eigenvalue weighted by Crippen LogP contribution is -2.37. The van der Waals surface area contributed by atoms with Gasteiger partial charge in [-0.3, -0.25) is 0 Å². The molecular formula is C17H23N3. The Morgan fingerprint density at radius 3 is 2.80 bits per heavy atom. The summed E-state index contributed by atoms with van der Waals surface area (Å²) >= 11 is 0. The van der Waals surface area contributed by atoms with Crippen LogP contribution in [0, 0.1) is 5.41 Å². The zero-order valence-electron chi connectivity index (χ0n) is 12.3. The van der Waals surface area contributed by atoms with Crippen molar-refractivity contribution in [3.63, 3.8) is 0 Å². The molecule has 1 unspecified atom stereocenters. The van der Waals surface area contributed by atoms with Crippen LogP contribution in [0.3, 0.4) is 0 Å². The molecule has 106 valence electrons. The van der Waals surface area contributed by atoms with Crippen molar-refractivity contribution < 1.29 is 0 Å². The summed E-state index contributed by atoms with van der Waals surface area (Å²) < 4.78 is 1.94. The minimum atomic E-state index is 0.426. The Labute approximate surface area is 121 Å². The van der Waals surface area contributed by atoms with Crippen molar-refractivity contribution in [3.8, 4) is 5.69 Å². The van der Waals surface area contributed by atoms with Crippen LogP contribution in [0.5, 0.6) is 0 Å². The second-order valence-electron chi connectivity index (χ2n) is 6.44. The molecular weight excluding hydrogens is 246 g/mol. The lowest BCUT2D eigenvalue weighted by Gasteiger charge is -2.27. The summed E-state index contributed by atoms with van der Waals surface area (Å²) in [6.07, 6.45) is 8.04. The number of nitrogens with one attached hydrogen (secondary N) is 1. The molecule has 1 aliphatic carbocycles. The van der Waals surface area contributed by atoms with E-state index in [1.54, 1.807) is 0 Å². The van der Waals surface area contributed by atoms with E-state index in [1.165, 1.54) is 24.8 Å². The van der Waals surface area contributed by atoms with E-state index in [9.17, 15) is 0 Å². The largest absolute Gasteiger partial charge is 0.309 e. The van der Waals surface area contributed by atoms with Gasteiger partial charge in [0.05, 0.1) is 11.9 Å². The van der Waals surface area contributed by atoms with E-state index in [-0.39, 0.29) is 0 Å². The van der Waals surface area contributed by atoms with Gasteiger partial charge in [-0.2, -0.15) is 5.10 Å². The number of para-hydroxylation sites is 1. The number of hydrogen-bond donors (Lipinski definition) is 1. The summed E-state index contributed by atoms with van der Waals surface area (Å²) in [5.74, 6) is 0. The van der Waals surface area contributed by atoms with Crippen LogP contribution in [0.4, 0.5) is 0 Å². The van der Waals surface area contributed by atoms with Gasteiger partial charge in [-0.05, 0) is 30.4 Å². The molecule has 1 atom stereocenters. The highest BCUT2D eigenvalue weighted by molar-refractivity contribution is 5.30. The molecule has 0 aliphatic heterocycles. The first-order chi connectivity index (χ1) is 9.65. The summed E-state index contributed by atoms with van der Waals surface area (Å²) in [6.45, 7) is 5.64. The van der Waals surface area contributed by atoms with E-state index in [4.69, 9.17) is 0 Å². The molecule has 0 radical (unpaired) electrons. The van der Waals surface area contributed by atoms with Crippen molar-refractivity contribution in [2.75, 3.05) is 0 Å². The topological polar surface area (TPSA) is 29.9 Å². The minimum absolute atomic E-state index is 0.426. The predicted octanol–water partition coefficient (Wildman–Crippen LogP) is 3.54. The molecule has 3 heteroatoms. The SMILES string of the molecule is CC1(C)CCCC1NCc1cnn(-c2ccccc2)c1. The fourth-order valence-electron chi connectivity index (χ4n) is 3.12. The molecule has 0 bridgehead atoms. The van der Waals surface area contributed by atoms with E-state index in [1.807, 2.05) is 29.1 Å². The maximum Gasteiger partial charge on any atom is 0.0645 e. The van der Waals surface area contributed by atoms with Crippen molar-refractivity contribution in [1.82, 2.24) is 15.1 Å². The van der Waals surface area contributed by atoms with Gasteiger partial charge in [0.15, 0.2) is 0 Å². The third kappa shape index (κ3) is 2.78. The summed E-state index contributed by atoms with van der Waals surface area (Å²) in [4.78, 5) is 0. The molecule has 20 heavy (non-hydrogen) atoms. The molecule has 1 aromatic carbocycles. The van der Waals surface area contributed by atoms with Gasteiger partial charge < -0.3 is 5.32 Å². The van der Waals surface area contributed by atoms with Gasteiger partial charge >= 0.3 is 0 Å². The molecule has 1 fully saturated rings. The van der Waals surface area contributed by atoms with Crippen molar-refractivity contribution >= 4 is 0 Å². The first-order valence-corrected chi connectivity index (χ1v) is 7.47. The molecule has 1 aromatic heterocycles. The van der Waals surface area contributed by atoms with Crippen molar-refractivity contribution in [2.24, 2.45) is 5.41 Å². The van der Waals surface area contributed by atoms with Crippen LogP contribution in [-0.4, -0.2) is 15.8 Å². The first kappa shape index (κ1) is 13.4. The van der Waals surface area contributed by atoms with E-state index < -0.39 is 0 Å². The van der Waals surface area contributed by atoms with Crippen molar-refractivity contribution in [2.45, 2.75) is 45.7 Å². The Morgan fingerprint density at radius 2 is 2.10 bits per heavy atom. The molecule has 2 aromatic rings. The van der Waals surface area contributed by atoms with Crippen LogP contribution >= 0.6 is 0 Å². The molecule has 0 saturated heterocycles. The predicted molar refractivity (Wildman–Crippen MR) is 81.8 cm³/mol. The van der Waals surface area contributed by atoms with E-state index in [0.29, 0.717) is 11.5 Å². The number of benzene rings is 1. The third-order valence-corrected chi connectivity index (χ3v) is 4.47. The monoisotopic (exact) mass is 269 g/mol. The average molecular weight is 269 g/mol. The lowest BCUT2D eigenvalue weighted by atomic mass is 9.87. The Morgan fingerprint density at radius 1 is 1.30 bits per heavy atom. The van der Waals surface area contributed by atoms with Crippen LogP contribution in [0.1, 0.15) is 38.7 Å². The standard InChI is InChI=1S/C17H23N3/c1-17(2)10-6-9-16(17)18-11-14-12-19-20(13-14)15-7-4-3-5-8-15/h3-5,7-8,12-13,16,18H,6,9-11H2,1-2H3. The second-order valence-corrected chi connectivity index (χ2v) is 6.44. The molecule has 0 amide bonds. The molecule has 1 saturated carbocycles. The summed E-state index contributed by atoms with van der Waals surface area (Å²) in [5.41, 5.74) is 2.78. The summed E-state index contributed by atoms with van der Waals surface area (Å²) in [6, 6.07) is 10.9. The van der Waals surface area contributed by atoms with Gasteiger partial charge in [0, 0.05) is 24.3 Å². The van der Waals surface area contributed by atoms with E-state index in [2.05, 4.69) is 42.6 Å². The van der Waals surface area contributed by atoms with Crippen LogP contribution in [-0.2, 0) is 6.54 Å². The number of aromatic nitrogens is 2. The third-order valence-electron chi connectivity index (χ3n) is 4.47. The Balaban J connectivity index is 1.64. The van der Waals surface area contributed by atoms with Crippen LogP contribution in [0.15, 0.2) is 42.7 Å². The normalized spacial score (nSPS) is 21.2. The number of rotatable bonds is 4. The van der Waals surface area contributed by atoms with Crippen molar-refractivity contribution in [3.05, 3.63) is 48.3 Å². The summed E-state index contributed by atoms with van der Waals surface area (Å²) in [7, 11) is 0. The van der Waals surface area contributed by atoms with Gasteiger partial charge in [0.2, 0.25) is 0 Å². The van der Waals surface area contributed by atoms with Gasteiger partial charge in [-0.25, -0.2) is 4.68 Å². The Hall–Kier alpha value is -1.61. The van der Waals surface area contributed by atoms with E-state index in [0.717, 1.165) is 12.2 Å². The number of hydrogen-bond acceptors (Lipinski definition) is 2. The maximum absolute atomic E-state index is 4.44. The van der Waals surface area contributed by atoms with Crippen LogP contribution < -0.4 is 5.32 Å². The van der Waals surface area contributed by atoms with Gasteiger partial charge in [-0.1, -0.05) is 38.5 Å². The fraction of sp³-hybridized carbons (Fsp3) is 0.471. The lowest BCUT2D eigenvalue weighted by molar-refractivity contribution is 0.282. The van der Waals surface area contributed by atoms with Crippen LogP contribution in [0.2, 0.25) is 0 Å². The van der Waals surface area contributed by atoms with Crippen LogP contribution in [0.25, 0.3) is 5.69 Å². The highest BCUT2D eigenvalue weighted by atomic mass is 15.3. The average Bonchev–Trinajstić information content (AvgIpc) is 3.04. The minimum Gasteiger partial charge on any atom is -0.309 e. The quantitative estimate of drug-likeness (QED) is 0.920. The second kappa shape index (κ2) is 5.41. The molecule has 1 N–H and O–H groups in total. The van der Waals surface area contributed by atoms with Crippen molar-refractivity contribution in [1.29, 1.82) is 0 Å².